The number of carbonyl (C=O) groups is 1. The lowest BCUT2D eigenvalue weighted by molar-refractivity contribution is -0.134. The van der Waals surface area contributed by atoms with E-state index in [1.54, 1.807) is 6.07 Å². The summed E-state index contributed by atoms with van der Waals surface area (Å²) < 4.78 is 46.6. The number of fused-ring (bicyclic) bond motifs is 5. The fourth-order valence-corrected chi connectivity index (χ4v) is 6.24. The number of hydrogen-bond acceptors (Lipinski definition) is 4. The van der Waals surface area contributed by atoms with Crippen molar-refractivity contribution in [2.45, 2.75) is 25.4 Å². The van der Waals surface area contributed by atoms with Crippen LogP contribution in [0.25, 0.3) is 0 Å². The van der Waals surface area contributed by atoms with Gasteiger partial charge in [0.25, 0.3) is 0 Å². The van der Waals surface area contributed by atoms with Gasteiger partial charge in [0.15, 0.2) is 16.9 Å². The highest BCUT2D eigenvalue weighted by molar-refractivity contribution is 6.08. The van der Waals surface area contributed by atoms with Crippen molar-refractivity contribution >= 4 is 11.6 Å². The Labute approximate surface area is 218 Å². The fourth-order valence-electron chi connectivity index (χ4n) is 6.24. The van der Waals surface area contributed by atoms with Crippen LogP contribution in [0.3, 0.4) is 0 Å². The molecule has 3 aliphatic rings. The number of hydrogen-bond donors (Lipinski definition) is 0. The average molecular weight is 513 g/mol. The number of rotatable bonds is 4. The highest BCUT2D eigenvalue weighted by Gasteiger charge is 2.66. The van der Waals surface area contributed by atoms with Crippen molar-refractivity contribution in [1.82, 2.24) is 4.48 Å². The van der Waals surface area contributed by atoms with Gasteiger partial charge in [0.05, 0.1) is 0 Å². The zero-order chi connectivity index (χ0) is 26.1. The first-order chi connectivity index (χ1) is 18.4. The number of aryl methyl sites for hydroxylation is 1. The zero-order valence-electron chi connectivity index (χ0n) is 20.7. The van der Waals surface area contributed by atoms with Gasteiger partial charge in [-0.25, -0.2) is 18.1 Å². The van der Waals surface area contributed by atoms with Gasteiger partial charge in [0.1, 0.15) is 42.8 Å². The smallest absolute Gasteiger partial charge is 0.338 e. The van der Waals surface area contributed by atoms with Crippen LogP contribution in [0.5, 0.6) is 17.2 Å². The number of quaternary nitrogens is 1. The third-order valence-corrected chi connectivity index (χ3v) is 8.11. The minimum Gasteiger partial charge on any atom is -0.491 e. The van der Waals surface area contributed by atoms with Crippen molar-refractivity contribution < 1.29 is 27.8 Å². The van der Waals surface area contributed by atoms with E-state index in [0.717, 1.165) is 34.5 Å². The zero-order valence-corrected chi connectivity index (χ0v) is 20.7. The van der Waals surface area contributed by atoms with Gasteiger partial charge in [-0.1, -0.05) is 42.5 Å². The van der Waals surface area contributed by atoms with E-state index in [9.17, 15) is 4.39 Å². The standard InChI is InChI=1S/C31H24F2NO4/c1-19-6-2-3-7-20(19)15-34(16-21-12-22(32)10-11-25(21)33)26-9-5-4-8-23(26)31(30(34)35)17-36-27-14-29-28(13-24(27)31)37-18-38-29/h2-14H,15-18H2,1H3/q+1. The molecule has 38 heavy (non-hydrogen) atoms. The molecule has 0 saturated carbocycles. The molecule has 0 fully saturated rings. The molecule has 4 aromatic carbocycles. The van der Waals surface area contributed by atoms with Gasteiger partial charge in [-0.05, 0) is 42.8 Å². The molecule has 0 bridgehead atoms. The summed E-state index contributed by atoms with van der Waals surface area (Å²) in [6, 6.07) is 22.5. The molecule has 2 unspecified atom stereocenters. The first kappa shape index (κ1) is 22.9. The molecular weight excluding hydrogens is 488 g/mol. The predicted octanol–water partition coefficient (Wildman–Crippen LogP) is 5.93. The number of amides is 1. The Morgan fingerprint density at radius 3 is 2.37 bits per heavy atom. The van der Waals surface area contributed by atoms with Crippen LogP contribution in [0.15, 0.2) is 78.9 Å². The Hall–Kier alpha value is -4.23. The lowest BCUT2D eigenvalue weighted by atomic mass is 9.77. The van der Waals surface area contributed by atoms with Crippen LogP contribution in [-0.2, 0) is 23.3 Å². The molecule has 0 saturated heterocycles. The van der Waals surface area contributed by atoms with E-state index >= 15 is 9.18 Å². The Balaban J connectivity index is 1.48. The lowest BCUT2D eigenvalue weighted by Crippen LogP contribution is -2.56. The van der Waals surface area contributed by atoms with E-state index in [4.69, 9.17) is 14.2 Å². The number of halogens is 2. The summed E-state index contributed by atoms with van der Waals surface area (Å²) in [7, 11) is 0. The Morgan fingerprint density at radius 2 is 1.53 bits per heavy atom. The molecule has 0 aliphatic carbocycles. The van der Waals surface area contributed by atoms with Crippen LogP contribution < -0.4 is 18.7 Å². The minimum absolute atomic E-state index is 0.0462. The number of para-hydroxylation sites is 1. The normalized spacial score (nSPS) is 22.4. The van der Waals surface area contributed by atoms with E-state index in [0.29, 0.717) is 22.8 Å². The van der Waals surface area contributed by atoms with Crippen molar-refractivity contribution in [1.29, 1.82) is 0 Å². The average Bonchev–Trinajstić information content (AvgIpc) is 3.59. The molecule has 5 nitrogen and oxygen atoms in total. The summed E-state index contributed by atoms with van der Waals surface area (Å²) in [5.74, 6) is 0.438. The van der Waals surface area contributed by atoms with Crippen LogP contribution in [0.2, 0.25) is 0 Å². The molecular formula is C31H24F2NO4+. The third kappa shape index (κ3) is 3.08. The van der Waals surface area contributed by atoms with Gasteiger partial charge in [0.2, 0.25) is 6.79 Å². The molecule has 3 heterocycles. The summed E-state index contributed by atoms with van der Waals surface area (Å²) in [4.78, 5) is 15.1. The van der Waals surface area contributed by atoms with Crippen LogP contribution in [0, 0.1) is 18.6 Å². The van der Waals surface area contributed by atoms with Gasteiger partial charge < -0.3 is 14.2 Å². The second-order valence-electron chi connectivity index (χ2n) is 10.2. The molecule has 4 aromatic rings. The second-order valence-corrected chi connectivity index (χ2v) is 10.2. The van der Waals surface area contributed by atoms with Crippen molar-refractivity contribution in [3.63, 3.8) is 0 Å². The Bertz CT molecular complexity index is 1640. The summed E-state index contributed by atoms with van der Waals surface area (Å²) in [5, 5.41) is 0. The summed E-state index contributed by atoms with van der Waals surface area (Å²) in [5.41, 5.74) is 3.22. The quantitative estimate of drug-likeness (QED) is 0.318. The monoisotopic (exact) mass is 512 g/mol. The van der Waals surface area contributed by atoms with Gasteiger partial charge in [0, 0.05) is 28.3 Å². The maximum Gasteiger partial charge on any atom is 0.338 e. The molecule has 7 heteroatoms. The SMILES string of the molecule is Cc1ccccc1C[N+]1(Cc2cc(F)ccc2F)C(=O)C2(COc3cc4c(cc32)OCO4)c2ccccc21. The molecule has 1 amide bonds. The molecule has 2 atom stereocenters. The maximum absolute atomic E-state index is 15.1. The first-order valence-electron chi connectivity index (χ1n) is 12.5. The molecule has 0 aromatic heterocycles. The van der Waals surface area contributed by atoms with Crippen molar-refractivity contribution in [3.8, 4) is 17.2 Å². The molecule has 3 aliphatic heterocycles. The summed E-state index contributed by atoms with van der Waals surface area (Å²) in [6.07, 6.45) is 0. The summed E-state index contributed by atoms with van der Waals surface area (Å²) in [6.45, 7) is 2.42. The van der Waals surface area contributed by atoms with Crippen molar-refractivity contribution in [2.75, 3.05) is 13.4 Å². The minimum atomic E-state index is -1.14. The molecule has 1 spiro atoms. The molecule has 7 rings (SSSR count). The van der Waals surface area contributed by atoms with Crippen LogP contribution >= 0.6 is 0 Å². The van der Waals surface area contributed by atoms with Gasteiger partial charge >= 0.3 is 5.91 Å². The molecule has 0 radical (unpaired) electrons. The van der Waals surface area contributed by atoms with Gasteiger partial charge in [-0.2, -0.15) is 0 Å². The second kappa shape index (κ2) is 8.13. The number of benzene rings is 4. The van der Waals surface area contributed by atoms with E-state index in [2.05, 4.69) is 0 Å². The largest absolute Gasteiger partial charge is 0.491 e. The number of ether oxygens (including phenoxy) is 3. The van der Waals surface area contributed by atoms with Gasteiger partial charge in [-0.15, -0.1) is 0 Å². The van der Waals surface area contributed by atoms with E-state index in [1.807, 2.05) is 61.5 Å². The third-order valence-electron chi connectivity index (χ3n) is 8.11. The number of carbonyl (C=O) groups excluding carboxylic acids is 1. The lowest BCUT2D eigenvalue weighted by Gasteiger charge is -2.34. The highest BCUT2D eigenvalue weighted by atomic mass is 19.1. The Kier molecular flexibility index (Phi) is 4.91. The molecule has 190 valence electrons. The van der Waals surface area contributed by atoms with E-state index in [-0.39, 0.29) is 42.4 Å². The fraction of sp³-hybridized carbons (Fsp3) is 0.194. The molecule has 0 N–H and O–H groups in total. The topological polar surface area (TPSA) is 44.8 Å². The van der Waals surface area contributed by atoms with E-state index in [1.165, 1.54) is 6.07 Å². The van der Waals surface area contributed by atoms with E-state index < -0.39 is 17.0 Å². The van der Waals surface area contributed by atoms with Crippen LogP contribution in [0.1, 0.15) is 27.8 Å². The van der Waals surface area contributed by atoms with Gasteiger partial charge in [-0.3, -0.25) is 0 Å². The number of nitrogens with zero attached hydrogens (tertiary/aromatic N) is 1. The van der Waals surface area contributed by atoms with Crippen LogP contribution in [0.4, 0.5) is 14.5 Å². The summed E-state index contributed by atoms with van der Waals surface area (Å²) >= 11 is 0. The van der Waals surface area contributed by atoms with Crippen molar-refractivity contribution in [3.05, 3.63) is 118 Å². The highest BCUT2D eigenvalue weighted by Crippen LogP contribution is 2.58. The van der Waals surface area contributed by atoms with Crippen LogP contribution in [-0.4, -0.2) is 19.3 Å². The maximum atomic E-state index is 15.1. The predicted molar refractivity (Wildman–Crippen MR) is 137 cm³/mol. The van der Waals surface area contributed by atoms with Crippen molar-refractivity contribution in [2.24, 2.45) is 0 Å². The Morgan fingerprint density at radius 1 is 0.789 bits per heavy atom. The first-order valence-corrected chi connectivity index (χ1v) is 12.5.